The number of likely N-dealkylation sites (N-methyl/N-ethyl adjacent to an activating group) is 1. The van der Waals surface area contributed by atoms with Crippen LogP contribution in [-0.4, -0.2) is 62.4 Å². The summed E-state index contributed by atoms with van der Waals surface area (Å²) in [6.45, 7) is -1.63. The van der Waals surface area contributed by atoms with E-state index in [2.05, 4.69) is 10.1 Å². The highest BCUT2D eigenvalue weighted by atomic mass is 35.5. The zero-order chi connectivity index (χ0) is 20.9. The molecule has 0 saturated heterocycles. The molecule has 1 aromatic rings. The maximum atomic E-state index is 13.5. The highest BCUT2D eigenvalue weighted by Gasteiger charge is 2.69. The van der Waals surface area contributed by atoms with Crippen molar-refractivity contribution in [2.45, 2.75) is 31.1 Å². The largest absolute Gasteiger partial charge is 0.487 e. The molecule has 0 saturated carbocycles. The third-order valence-electron chi connectivity index (χ3n) is 3.69. The van der Waals surface area contributed by atoms with Crippen molar-refractivity contribution >= 4 is 18.3 Å². The second-order valence-electron chi connectivity index (χ2n) is 6.32. The van der Waals surface area contributed by atoms with E-state index in [1.54, 1.807) is 20.2 Å². The monoisotopic (exact) mass is 436 g/mol. The van der Waals surface area contributed by atoms with Gasteiger partial charge in [0.1, 0.15) is 5.75 Å². The Morgan fingerprint density at radius 2 is 1.75 bits per heavy atom. The van der Waals surface area contributed by atoms with Crippen molar-refractivity contribution in [2.75, 3.05) is 33.8 Å². The third kappa shape index (κ3) is 7.05. The van der Waals surface area contributed by atoms with Gasteiger partial charge >= 0.3 is 17.8 Å². The number of carbonyl (C=O) groups excluding carboxylic acids is 1. The van der Waals surface area contributed by atoms with Crippen LogP contribution in [0.3, 0.4) is 0 Å². The average molecular weight is 437 g/mol. The second kappa shape index (κ2) is 10.2. The van der Waals surface area contributed by atoms with E-state index in [1.165, 1.54) is 23.1 Å². The van der Waals surface area contributed by atoms with Gasteiger partial charge in [-0.1, -0.05) is 12.1 Å². The van der Waals surface area contributed by atoms with Gasteiger partial charge in [0.05, 0.1) is 6.54 Å². The number of ether oxygens (including phenoxy) is 1. The first-order valence-corrected chi connectivity index (χ1v) is 8.04. The van der Waals surface area contributed by atoms with Gasteiger partial charge < -0.3 is 15.0 Å². The van der Waals surface area contributed by atoms with Crippen molar-refractivity contribution in [1.29, 1.82) is 0 Å². The van der Waals surface area contributed by atoms with Crippen LogP contribution in [0.4, 0.5) is 26.3 Å². The summed E-state index contributed by atoms with van der Waals surface area (Å²) < 4.78 is 83.5. The SMILES string of the molecule is CN(C)C(=O)CNCCc1cccc(OCC(F)(F)C(F)(F)C(C)(F)F)c1.Cl. The molecule has 0 heterocycles. The normalized spacial score (nSPS) is 12.3. The minimum atomic E-state index is -5.54. The Labute approximate surface area is 165 Å². The number of amides is 1. The van der Waals surface area contributed by atoms with Crippen molar-refractivity contribution < 1.29 is 35.9 Å². The van der Waals surface area contributed by atoms with Gasteiger partial charge in [-0.2, -0.15) is 26.3 Å². The molecule has 0 radical (unpaired) electrons. The number of nitrogens with zero attached hydrogens (tertiary/aromatic N) is 1. The van der Waals surface area contributed by atoms with Crippen LogP contribution < -0.4 is 10.1 Å². The molecule has 0 aliphatic carbocycles. The molecule has 0 fully saturated rings. The van der Waals surface area contributed by atoms with E-state index in [9.17, 15) is 31.1 Å². The Balaban J connectivity index is 0.00000729. The number of carbonyl (C=O) groups is 1. The molecular weight excluding hydrogens is 414 g/mol. The van der Waals surface area contributed by atoms with Crippen molar-refractivity contribution in [3.63, 3.8) is 0 Å². The number of halogens is 7. The highest BCUT2D eigenvalue weighted by Crippen LogP contribution is 2.45. The number of hydrogen-bond donors (Lipinski definition) is 1. The van der Waals surface area contributed by atoms with E-state index in [-0.39, 0.29) is 37.5 Å². The molecule has 0 aliphatic heterocycles. The van der Waals surface area contributed by atoms with E-state index >= 15 is 0 Å². The Morgan fingerprint density at radius 1 is 1.14 bits per heavy atom. The summed E-state index contributed by atoms with van der Waals surface area (Å²) in [4.78, 5) is 12.8. The molecule has 4 nitrogen and oxygen atoms in total. The van der Waals surface area contributed by atoms with E-state index < -0.39 is 24.4 Å². The van der Waals surface area contributed by atoms with Crippen LogP contribution in [0, 0.1) is 0 Å². The molecule has 0 bridgehead atoms. The fourth-order valence-electron chi connectivity index (χ4n) is 1.96. The number of hydrogen-bond acceptors (Lipinski definition) is 3. The summed E-state index contributed by atoms with van der Waals surface area (Å²) in [5, 5.41) is 2.89. The summed E-state index contributed by atoms with van der Waals surface area (Å²) in [5.41, 5.74) is 0.633. The van der Waals surface area contributed by atoms with Crippen LogP contribution in [0.1, 0.15) is 12.5 Å². The molecule has 1 amide bonds. The Bertz CT molecular complexity index is 638. The number of nitrogens with one attached hydrogen (secondary N) is 1. The smallest absolute Gasteiger partial charge is 0.375 e. The summed E-state index contributed by atoms with van der Waals surface area (Å²) in [6.07, 6.45) is 0.414. The summed E-state index contributed by atoms with van der Waals surface area (Å²) in [5.74, 6) is -15.7. The van der Waals surface area contributed by atoms with Crippen molar-refractivity contribution in [3.8, 4) is 5.75 Å². The lowest BCUT2D eigenvalue weighted by Gasteiger charge is -2.30. The minimum absolute atomic E-state index is 0. The van der Waals surface area contributed by atoms with Crippen LogP contribution in [0.2, 0.25) is 0 Å². The lowest BCUT2D eigenvalue weighted by molar-refractivity contribution is -0.308. The van der Waals surface area contributed by atoms with E-state index in [0.717, 1.165) is 0 Å². The van der Waals surface area contributed by atoms with Crippen LogP contribution in [0.5, 0.6) is 5.75 Å². The predicted octanol–water partition coefficient (Wildman–Crippen LogP) is 3.63. The first-order valence-electron chi connectivity index (χ1n) is 8.04. The van der Waals surface area contributed by atoms with Crippen molar-refractivity contribution in [2.24, 2.45) is 0 Å². The van der Waals surface area contributed by atoms with E-state index in [0.29, 0.717) is 18.5 Å². The van der Waals surface area contributed by atoms with Gasteiger partial charge in [-0.25, -0.2) is 0 Å². The quantitative estimate of drug-likeness (QED) is 0.450. The molecule has 1 aromatic carbocycles. The van der Waals surface area contributed by atoms with Crippen molar-refractivity contribution in [3.05, 3.63) is 29.8 Å². The molecule has 1 N–H and O–H groups in total. The van der Waals surface area contributed by atoms with Gasteiger partial charge in [-0.05, 0) is 30.7 Å². The van der Waals surface area contributed by atoms with Gasteiger partial charge in [-0.3, -0.25) is 4.79 Å². The van der Waals surface area contributed by atoms with Crippen LogP contribution in [0.25, 0.3) is 0 Å². The molecule has 11 heteroatoms. The Hall–Kier alpha value is -1.68. The van der Waals surface area contributed by atoms with Crippen molar-refractivity contribution in [1.82, 2.24) is 10.2 Å². The fourth-order valence-corrected chi connectivity index (χ4v) is 1.96. The molecule has 162 valence electrons. The summed E-state index contributed by atoms with van der Waals surface area (Å²) in [6, 6.07) is 5.70. The molecule has 0 unspecified atom stereocenters. The Morgan fingerprint density at radius 3 is 2.29 bits per heavy atom. The second-order valence-corrected chi connectivity index (χ2v) is 6.32. The lowest BCUT2D eigenvalue weighted by Crippen LogP contribution is -2.55. The molecule has 0 atom stereocenters. The predicted molar refractivity (Wildman–Crippen MR) is 95.0 cm³/mol. The lowest BCUT2D eigenvalue weighted by atomic mass is 10.1. The zero-order valence-corrected chi connectivity index (χ0v) is 16.4. The number of rotatable bonds is 10. The van der Waals surface area contributed by atoms with Gasteiger partial charge in [0.15, 0.2) is 6.61 Å². The fraction of sp³-hybridized carbons (Fsp3) is 0.588. The molecule has 1 rings (SSSR count). The summed E-state index contributed by atoms with van der Waals surface area (Å²) in [7, 11) is 3.22. The molecule has 0 aliphatic rings. The van der Waals surface area contributed by atoms with E-state index in [1.807, 2.05) is 0 Å². The minimum Gasteiger partial charge on any atom is -0.487 e. The Kier molecular flexibility index (Phi) is 9.59. The standard InChI is InChI=1S/C17H22F6N2O2.ClH/c1-15(18,19)17(22,23)16(20,21)11-27-13-6-4-5-12(9-13)7-8-24-10-14(26)25(2)3;/h4-6,9,24H,7-8,10-11H2,1-3H3;1H. The first-order chi connectivity index (χ1) is 12.3. The molecular formula is C17H23ClF6N2O2. The topological polar surface area (TPSA) is 41.6 Å². The molecule has 0 spiro atoms. The number of alkyl halides is 6. The van der Waals surface area contributed by atoms with Gasteiger partial charge in [-0.15, -0.1) is 12.4 Å². The zero-order valence-electron chi connectivity index (χ0n) is 15.6. The number of benzene rings is 1. The van der Waals surface area contributed by atoms with Gasteiger partial charge in [0.25, 0.3) is 0 Å². The maximum absolute atomic E-state index is 13.5. The van der Waals surface area contributed by atoms with Crippen LogP contribution in [-0.2, 0) is 11.2 Å². The third-order valence-corrected chi connectivity index (χ3v) is 3.69. The average Bonchev–Trinajstić information content (AvgIpc) is 2.56. The van der Waals surface area contributed by atoms with Gasteiger partial charge in [0, 0.05) is 21.0 Å². The van der Waals surface area contributed by atoms with Crippen LogP contribution >= 0.6 is 12.4 Å². The maximum Gasteiger partial charge on any atom is 0.375 e. The van der Waals surface area contributed by atoms with Crippen LogP contribution in [0.15, 0.2) is 24.3 Å². The molecule has 0 aromatic heterocycles. The summed E-state index contributed by atoms with van der Waals surface area (Å²) >= 11 is 0. The van der Waals surface area contributed by atoms with E-state index in [4.69, 9.17) is 0 Å². The first kappa shape index (κ1) is 26.3. The van der Waals surface area contributed by atoms with Gasteiger partial charge in [0.2, 0.25) is 5.91 Å². The highest BCUT2D eigenvalue weighted by molar-refractivity contribution is 5.85. The molecule has 28 heavy (non-hydrogen) atoms.